The summed E-state index contributed by atoms with van der Waals surface area (Å²) in [6.07, 6.45) is 2.87. The standard InChI is InChI=1S/C8H9N3/c1-5-3-6(2)8-7(4-5)9-11-10-8/h3H,1,4H2,2H3,(H,9,10,11). The highest BCUT2D eigenvalue weighted by molar-refractivity contribution is 5.68. The molecule has 1 aromatic heterocycles. The minimum absolute atomic E-state index is 0.823. The maximum atomic E-state index is 4.03. The summed E-state index contributed by atoms with van der Waals surface area (Å²) in [4.78, 5) is 0. The minimum Gasteiger partial charge on any atom is -0.197 e. The summed E-state index contributed by atoms with van der Waals surface area (Å²) in [5, 5.41) is 10.7. The quantitative estimate of drug-likeness (QED) is 0.601. The monoisotopic (exact) mass is 147 g/mol. The second-order valence-corrected chi connectivity index (χ2v) is 2.78. The Kier molecular flexibility index (Phi) is 1.18. The Balaban J connectivity index is 2.58. The molecular weight excluding hydrogens is 138 g/mol. The smallest absolute Gasteiger partial charge is 0.112 e. The molecule has 1 aromatic rings. The number of fused-ring (bicyclic) bond motifs is 1. The number of nitrogens with one attached hydrogen (secondary N) is 1. The fourth-order valence-electron chi connectivity index (χ4n) is 1.33. The van der Waals surface area contributed by atoms with Crippen molar-refractivity contribution < 1.29 is 0 Å². The van der Waals surface area contributed by atoms with Gasteiger partial charge in [0.1, 0.15) is 5.69 Å². The van der Waals surface area contributed by atoms with Gasteiger partial charge in [-0.15, -0.1) is 0 Å². The fraction of sp³-hybridized carbons (Fsp3) is 0.250. The molecule has 56 valence electrons. The van der Waals surface area contributed by atoms with Crippen molar-refractivity contribution in [3.05, 3.63) is 29.6 Å². The predicted molar refractivity (Wildman–Crippen MR) is 42.9 cm³/mol. The maximum absolute atomic E-state index is 4.03. The van der Waals surface area contributed by atoms with Crippen molar-refractivity contribution in [1.29, 1.82) is 0 Å². The molecule has 2 rings (SSSR count). The number of H-pyrrole nitrogens is 1. The van der Waals surface area contributed by atoms with Crippen molar-refractivity contribution in [3.8, 4) is 0 Å². The van der Waals surface area contributed by atoms with Gasteiger partial charge in [0.25, 0.3) is 0 Å². The van der Waals surface area contributed by atoms with Crippen molar-refractivity contribution in [2.45, 2.75) is 13.3 Å². The third-order valence-corrected chi connectivity index (χ3v) is 1.81. The molecule has 11 heavy (non-hydrogen) atoms. The molecule has 0 saturated heterocycles. The Morgan fingerprint density at radius 2 is 2.36 bits per heavy atom. The first-order valence-corrected chi connectivity index (χ1v) is 3.53. The lowest BCUT2D eigenvalue weighted by Gasteiger charge is -2.07. The molecule has 0 fully saturated rings. The maximum Gasteiger partial charge on any atom is 0.112 e. The summed E-state index contributed by atoms with van der Waals surface area (Å²) in [5.74, 6) is 0. The molecule has 0 radical (unpaired) electrons. The summed E-state index contributed by atoms with van der Waals surface area (Å²) >= 11 is 0. The molecule has 3 heteroatoms. The van der Waals surface area contributed by atoms with E-state index in [1.807, 2.05) is 13.0 Å². The highest BCUT2D eigenvalue weighted by Gasteiger charge is 2.14. The zero-order valence-corrected chi connectivity index (χ0v) is 6.39. The molecule has 0 bridgehead atoms. The first kappa shape index (κ1) is 6.34. The largest absolute Gasteiger partial charge is 0.197 e. The molecular formula is C8H9N3. The van der Waals surface area contributed by atoms with Gasteiger partial charge < -0.3 is 0 Å². The molecule has 0 saturated carbocycles. The van der Waals surface area contributed by atoms with Gasteiger partial charge in [-0.2, -0.15) is 15.4 Å². The van der Waals surface area contributed by atoms with Crippen LogP contribution < -0.4 is 0 Å². The van der Waals surface area contributed by atoms with Crippen molar-refractivity contribution in [2.75, 3.05) is 0 Å². The molecule has 1 aliphatic rings. The first-order chi connectivity index (χ1) is 5.27. The number of hydrogen-bond acceptors (Lipinski definition) is 2. The van der Waals surface area contributed by atoms with E-state index in [9.17, 15) is 0 Å². The highest BCUT2D eigenvalue weighted by atomic mass is 15.3. The van der Waals surface area contributed by atoms with Crippen LogP contribution in [0.2, 0.25) is 0 Å². The van der Waals surface area contributed by atoms with E-state index in [1.54, 1.807) is 0 Å². The van der Waals surface area contributed by atoms with Gasteiger partial charge >= 0.3 is 0 Å². The zero-order chi connectivity index (χ0) is 7.84. The highest BCUT2D eigenvalue weighted by Crippen LogP contribution is 2.23. The van der Waals surface area contributed by atoms with Gasteiger partial charge in [-0.25, -0.2) is 0 Å². The molecule has 3 nitrogen and oxygen atoms in total. The van der Waals surface area contributed by atoms with Crippen molar-refractivity contribution in [3.63, 3.8) is 0 Å². The van der Waals surface area contributed by atoms with Crippen molar-refractivity contribution in [2.24, 2.45) is 0 Å². The Morgan fingerprint density at radius 3 is 3.18 bits per heavy atom. The van der Waals surface area contributed by atoms with Gasteiger partial charge in [-0.1, -0.05) is 12.7 Å². The third-order valence-electron chi connectivity index (χ3n) is 1.81. The van der Waals surface area contributed by atoms with E-state index in [1.165, 1.54) is 0 Å². The van der Waals surface area contributed by atoms with Crippen LogP contribution in [0.3, 0.4) is 0 Å². The Morgan fingerprint density at radius 1 is 1.55 bits per heavy atom. The van der Waals surface area contributed by atoms with E-state index in [0.717, 1.165) is 29.0 Å². The Bertz CT molecular complexity index is 333. The average Bonchev–Trinajstić information content (AvgIpc) is 2.34. The van der Waals surface area contributed by atoms with Crippen molar-refractivity contribution >= 4 is 5.57 Å². The van der Waals surface area contributed by atoms with Crippen LogP contribution in [0.1, 0.15) is 18.3 Å². The lowest BCUT2D eigenvalue weighted by molar-refractivity contribution is 0.916. The summed E-state index contributed by atoms with van der Waals surface area (Å²) in [6, 6.07) is 0. The van der Waals surface area contributed by atoms with Crippen LogP contribution in [-0.2, 0) is 6.42 Å². The van der Waals surface area contributed by atoms with Crippen LogP contribution in [0.4, 0.5) is 0 Å². The first-order valence-electron chi connectivity index (χ1n) is 3.53. The second-order valence-electron chi connectivity index (χ2n) is 2.78. The number of hydrogen-bond donors (Lipinski definition) is 1. The predicted octanol–water partition coefficient (Wildman–Crippen LogP) is 1.32. The molecule has 1 aliphatic carbocycles. The molecule has 1 heterocycles. The Hall–Kier alpha value is -1.38. The molecule has 0 aliphatic heterocycles. The third kappa shape index (κ3) is 0.888. The van der Waals surface area contributed by atoms with Gasteiger partial charge in [0.05, 0.1) is 5.69 Å². The Labute approximate surface area is 64.8 Å². The number of aromatic nitrogens is 3. The van der Waals surface area contributed by atoms with Crippen LogP contribution in [-0.4, -0.2) is 15.4 Å². The van der Waals surface area contributed by atoms with E-state index < -0.39 is 0 Å². The molecule has 1 N–H and O–H groups in total. The summed E-state index contributed by atoms with van der Waals surface area (Å²) in [5.41, 5.74) is 4.24. The number of nitrogens with zero attached hydrogens (tertiary/aromatic N) is 2. The molecule has 0 amide bonds. The van der Waals surface area contributed by atoms with Crippen molar-refractivity contribution in [1.82, 2.24) is 15.4 Å². The van der Waals surface area contributed by atoms with Crippen LogP contribution in [0.15, 0.2) is 18.2 Å². The molecule has 0 atom stereocenters. The van der Waals surface area contributed by atoms with E-state index in [0.29, 0.717) is 0 Å². The zero-order valence-electron chi connectivity index (χ0n) is 6.39. The van der Waals surface area contributed by atoms with E-state index in [-0.39, 0.29) is 0 Å². The van der Waals surface area contributed by atoms with Gasteiger partial charge in [0, 0.05) is 6.42 Å². The van der Waals surface area contributed by atoms with Crippen LogP contribution >= 0.6 is 0 Å². The minimum atomic E-state index is 0.823. The van der Waals surface area contributed by atoms with E-state index in [2.05, 4.69) is 22.0 Å². The van der Waals surface area contributed by atoms with Crippen LogP contribution in [0.5, 0.6) is 0 Å². The molecule has 0 aromatic carbocycles. The second kappa shape index (κ2) is 2.05. The van der Waals surface area contributed by atoms with Crippen LogP contribution in [0.25, 0.3) is 5.57 Å². The van der Waals surface area contributed by atoms with Gasteiger partial charge in [-0.3, -0.25) is 0 Å². The van der Waals surface area contributed by atoms with Gasteiger partial charge in [0.15, 0.2) is 0 Å². The fourth-order valence-corrected chi connectivity index (χ4v) is 1.33. The summed E-state index contributed by atoms with van der Waals surface area (Å²) < 4.78 is 0. The SMILES string of the molecule is C=C1C=C(C)c2n[nH]nc2C1. The number of rotatable bonds is 0. The number of aromatic amines is 1. The van der Waals surface area contributed by atoms with Gasteiger partial charge in [-0.05, 0) is 18.1 Å². The molecule has 0 spiro atoms. The topological polar surface area (TPSA) is 41.6 Å². The lowest BCUT2D eigenvalue weighted by Crippen LogP contribution is -1.98. The van der Waals surface area contributed by atoms with E-state index in [4.69, 9.17) is 0 Å². The van der Waals surface area contributed by atoms with E-state index >= 15 is 0 Å². The number of allylic oxidation sites excluding steroid dienone is 3. The average molecular weight is 147 g/mol. The normalized spacial score (nSPS) is 16.1. The molecule has 0 unspecified atom stereocenters. The summed E-state index contributed by atoms with van der Waals surface area (Å²) in [7, 11) is 0. The van der Waals surface area contributed by atoms with Crippen LogP contribution in [0, 0.1) is 0 Å². The lowest BCUT2D eigenvalue weighted by atomic mass is 9.98. The summed E-state index contributed by atoms with van der Waals surface area (Å²) in [6.45, 7) is 5.90. The van der Waals surface area contributed by atoms with Gasteiger partial charge in [0.2, 0.25) is 0 Å².